The number of nitrogen functional groups attached to an aromatic ring is 1. The van der Waals surface area contributed by atoms with Gasteiger partial charge >= 0.3 is 0 Å². The summed E-state index contributed by atoms with van der Waals surface area (Å²) in [6.07, 6.45) is 1.90. The summed E-state index contributed by atoms with van der Waals surface area (Å²) in [4.78, 5) is 12.2. The Hall–Kier alpha value is -1.56. The standard InChI is InChI=1S/C14H22N2O3S/c1-4-5-10(2)16-14(17)9-20(18)13-8-11(19-3)6-7-12(13)15/h6-8,10H,4-5,9,15H2,1-3H3,(H,16,17). The second-order valence-corrected chi connectivity index (χ2v) is 6.07. The normalized spacial score (nSPS) is 13.6. The molecule has 0 radical (unpaired) electrons. The molecule has 0 aromatic heterocycles. The largest absolute Gasteiger partial charge is 0.497 e. The van der Waals surface area contributed by atoms with E-state index in [9.17, 15) is 9.00 Å². The van der Waals surface area contributed by atoms with Gasteiger partial charge in [-0.15, -0.1) is 0 Å². The van der Waals surface area contributed by atoms with Crippen molar-refractivity contribution in [2.45, 2.75) is 37.6 Å². The molecule has 1 rings (SSSR count). The molecular weight excluding hydrogens is 276 g/mol. The van der Waals surface area contributed by atoms with E-state index in [0.717, 1.165) is 12.8 Å². The number of carbonyl (C=O) groups excluding carboxylic acids is 1. The molecule has 3 N–H and O–H groups in total. The van der Waals surface area contributed by atoms with E-state index in [2.05, 4.69) is 12.2 Å². The number of benzene rings is 1. The second kappa shape index (κ2) is 7.89. The van der Waals surface area contributed by atoms with Crippen molar-refractivity contribution >= 4 is 22.4 Å². The Balaban J connectivity index is 2.69. The quantitative estimate of drug-likeness (QED) is 0.751. The van der Waals surface area contributed by atoms with Gasteiger partial charge in [-0.2, -0.15) is 0 Å². The van der Waals surface area contributed by atoms with Crippen molar-refractivity contribution in [3.63, 3.8) is 0 Å². The third kappa shape index (κ3) is 4.85. The maximum atomic E-state index is 12.2. The van der Waals surface area contributed by atoms with Crippen LogP contribution in [0.3, 0.4) is 0 Å². The Morgan fingerprint density at radius 2 is 2.20 bits per heavy atom. The summed E-state index contributed by atoms with van der Waals surface area (Å²) in [5.74, 6) is 0.250. The minimum absolute atomic E-state index is 0.0900. The fraction of sp³-hybridized carbons (Fsp3) is 0.500. The van der Waals surface area contributed by atoms with Crippen LogP contribution < -0.4 is 15.8 Å². The predicted molar refractivity (Wildman–Crippen MR) is 81.2 cm³/mol. The number of nitrogens with two attached hydrogens (primary N) is 1. The summed E-state index contributed by atoms with van der Waals surface area (Å²) >= 11 is 0. The summed E-state index contributed by atoms with van der Waals surface area (Å²) in [5.41, 5.74) is 6.19. The van der Waals surface area contributed by atoms with Crippen LogP contribution in [-0.2, 0) is 15.6 Å². The Morgan fingerprint density at radius 1 is 1.50 bits per heavy atom. The highest BCUT2D eigenvalue weighted by atomic mass is 32.2. The Morgan fingerprint density at radius 3 is 2.80 bits per heavy atom. The zero-order valence-electron chi connectivity index (χ0n) is 12.1. The zero-order chi connectivity index (χ0) is 15.1. The summed E-state index contributed by atoms with van der Waals surface area (Å²) in [6.45, 7) is 3.99. The Labute approximate surface area is 122 Å². The Bertz CT molecular complexity index is 491. The van der Waals surface area contributed by atoms with Crippen molar-refractivity contribution in [1.29, 1.82) is 0 Å². The molecule has 0 aliphatic heterocycles. The number of anilines is 1. The summed E-state index contributed by atoms with van der Waals surface area (Å²) in [5, 5.41) is 2.83. The van der Waals surface area contributed by atoms with Gasteiger partial charge in [-0.25, -0.2) is 0 Å². The van der Waals surface area contributed by atoms with Gasteiger partial charge in [0.15, 0.2) is 0 Å². The minimum Gasteiger partial charge on any atom is -0.497 e. The number of methoxy groups -OCH3 is 1. The highest BCUT2D eigenvalue weighted by Gasteiger charge is 2.15. The lowest BCUT2D eigenvalue weighted by Crippen LogP contribution is -2.35. The highest BCUT2D eigenvalue weighted by molar-refractivity contribution is 7.86. The van der Waals surface area contributed by atoms with Gasteiger partial charge in [0, 0.05) is 11.7 Å². The number of ether oxygens (including phenoxy) is 1. The molecule has 20 heavy (non-hydrogen) atoms. The molecule has 2 unspecified atom stereocenters. The van der Waals surface area contributed by atoms with E-state index in [4.69, 9.17) is 10.5 Å². The van der Waals surface area contributed by atoms with E-state index in [-0.39, 0.29) is 17.7 Å². The monoisotopic (exact) mass is 298 g/mol. The molecular formula is C14H22N2O3S. The van der Waals surface area contributed by atoms with Crippen molar-refractivity contribution in [3.8, 4) is 5.75 Å². The first-order valence-electron chi connectivity index (χ1n) is 6.59. The van der Waals surface area contributed by atoms with Crippen LogP contribution in [0.25, 0.3) is 0 Å². The SMILES string of the molecule is CCCC(C)NC(=O)CS(=O)c1cc(OC)ccc1N. The lowest BCUT2D eigenvalue weighted by molar-refractivity contribution is -0.119. The van der Waals surface area contributed by atoms with Gasteiger partial charge in [0.05, 0.1) is 22.8 Å². The predicted octanol–water partition coefficient (Wildman–Crippen LogP) is 1.69. The fourth-order valence-corrected chi connectivity index (χ4v) is 2.91. The van der Waals surface area contributed by atoms with Gasteiger partial charge < -0.3 is 15.8 Å². The van der Waals surface area contributed by atoms with Gasteiger partial charge in [-0.05, 0) is 31.5 Å². The van der Waals surface area contributed by atoms with Crippen molar-refractivity contribution in [1.82, 2.24) is 5.32 Å². The first kappa shape index (κ1) is 16.5. The number of nitrogens with one attached hydrogen (secondary N) is 1. The molecule has 0 aliphatic rings. The molecule has 5 nitrogen and oxygen atoms in total. The average molecular weight is 298 g/mol. The smallest absolute Gasteiger partial charge is 0.233 e. The molecule has 2 atom stereocenters. The van der Waals surface area contributed by atoms with Gasteiger partial charge in [0.25, 0.3) is 0 Å². The van der Waals surface area contributed by atoms with Crippen LogP contribution in [0.15, 0.2) is 23.1 Å². The summed E-state index contributed by atoms with van der Waals surface area (Å²) in [6, 6.07) is 5.02. The maximum Gasteiger partial charge on any atom is 0.233 e. The topological polar surface area (TPSA) is 81.4 Å². The third-order valence-corrected chi connectivity index (χ3v) is 4.23. The van der Waals surface area contributed by atoms with Crippen LogP contribution in [0.4, 0.5) is 5.69 Å². The maximum absolute atomic E-state index is 12.2. The average Bonchev–Trinajstić information content (AvgIpc) is 2.39. The molecule has 0 fully saturated rings. The highest BCUT2D eigenvalue weighted by Crippen LogP contribution is 2.22. The van der Waals surface area contributed by atoms with Gasteiger partial charge in [0.2, 0.25) is 5.91 Å². The first-order chi connectivity index (χ1) is 9.47. The number of hydrogen-bond donors (Lipinski definition) is 2. The molecule has 112 valence electrons. The molecule has 6 heteroatoms. The minimum atomic E-state index is -1.47. The van der Waals surface area contributed by atoms with Crippen molar-refractivity contribution in [2.24, 2.45) is 0 Å². The van der Waals surface area contributed by atoms with Crippen molar-refractivity contribution in [2.75, 3.05) is 18.6 Å². The van der Waals surface area contributed by atoms with E-state index >= 15 is 0 Å². The van der Waals surface area contributed by atoms with Crippen LogP contribution >= 0.6 is 0 Å². The van der Waals surface area contributed by atoms with Crippen LogP contribution in [0.2, 0.25) is 0 Å². The van der Waals surface area contributed by atoms with Crippen LogP contribution in [0.1, 0.15) is 26.7 Å². The Kier molecular flexibility index (Phi) is 6.51. The van der Waals surface area contributed by atoms with E-state index in [1.807, 2.05) is 6.92 Å². The molecule has 1 amide bonds. The van der Waals surface area contributed by atoms with Crippen LogP contribution in [0, 0.1) is 0 Å². The number of hydrogen-bond acceptors (Lipinski definition) is 4. The molecule has 1 aromatic carbocycles. The molecule has 0 heterocycles. The first-order valence-corrected chi connectivity index (χ1v) is 7.91. The molecule has 0 aliphatic carbocycles. The van der Waals surface area contributed by atoms with E-state index in [1.54, 1.807) is 18.2 Å². The van der Waals surface area contributed by atoms with E-state index < -0.39 is 10.8 Å². The second-order valence-electron chi connectivity index (χ2n) is 4.65. The van der Waals surface area contributed by atoms with Gasteiger partial charge in [0.1, 0.15) is 11.5 Å². The number of carbonyl (C=O) groups is 1. The van der Waals surface area contributed by atoms with Crippen molar-refractivity contribution in [3.05, 3.63) is 18.2 Å². The zero-order valence-corrected chi connectivity index (χ0v) is 13.0. The molecule has 0 bridgehead atoms. The number of rotatable bonds is 7. The van der Waals surface area contributed by atoms with Crippen LogP contribution in [0.5, 0.6) is 5.75 Å². The summed E-state index contributed by atoms with van der Waals surface area (Å²) < 4.78 is 17.3. The molecule has 0 saturated carbocycles. The lowest BCUT2D eigenvalue weighted by atomic mass is 10.2. The lowest BCUT2D eigenvalue weighted by Gasteiger charge is -2.13. The molecule has 1 aromatic rings. The van der Waals surface area contributed by atoms with Gasteiger partial charge in [-0.1, -0.05) is 13.3 Å². The van der Waals surface area contributed by atoms with E-state index in [0.29, 0.717) is 16.3 Å². The number of amides is 1. The fourth-order valence-electron chi connectivity index (χ4n) is 1.86. The van der Waals surface area contributed by atoms with E-state index in [1.165, 1.54) is 7.11 Å². The summed E-state index contributed by atoms with van der Waals surface area (Å²) in [7, 11) is 0.0508. The van der Waals surface area contributed by atoms with Crippen LogP contribution in [-0.4, -0.2) is 29.0 Å². The molecule has 0 saturated heterocycles. The van der Waals surface area contributed by atoms with Crippen molar-refractivity contribution < 1.29 is 13.7 Å². The third-order valence-electron chi connectivity index (χ3n) is 2.86. The van der Waals surface area contributed by atoms with Gasteiger partial charge in [-0.3, -0.25) is 9.00 Å². The molecule has 0 spiro atoms.